The van der Waals surface area contributed by atoms with Gasteiger partial charge in [-0.1, -0.05) is 55.6 Å². The number of benzene rings is 2. The number of nitrogens with one attached hydrogen (secondary N) is 4. The summed E-state index contributed by atoms with van der Waals surface area (Å²) in [6.45, 7) is 11.3. The van der Waals surface area contributed by atoms with Crippen molar-refractivity contribution in [3.63, 3.8) is 0 Å². The molecule has 0 saturated heterocycles. The van der Waals surface area contributed by atoms with Crippen LogP contribution in [0.5, 0.6) is 0 Å². The van der Waals surface area contributed by atoms with Gasteiger partial charge in [0.1, 0.15) is 5.82 Å². The summed E-state index contributed by atoms with van der Waals surface area (Å²) >= 11 is 0. The van der Waals surface area contributed by atoms with Crippen LogP contribution in [0.15, 0.2) is 109 Å². The minimum absolute atomic E-state index is 0.0333. The molecule has 0 radical (unpaired) electrons. The zero-order valence-electron chi connectivity index (χ0n) is 23.6. The summed E-state index contributed by atoms with van der Waals surface area (Å²) in [5.74, 6) is 0.933. The summed E-state index contributed by atoms with van der Waals surface area (Å²) in [6.07, 6.45) is 8.75. The van der Waals surface area contributed by atoms with Gasteiger partial charge in [0.2, 0.25) is 5.95 Å². The first-order valence-corrected chi connectivity index (χ1v) is 12.9. The number of allylic oxidation sites excluding steroid dienone is 2. The molecular weight excluding hydrogens is 498 g/mol. The SMILES string of the molecule is C=C(/C=C/CN(C)C)Nc1cccc(Nc2nc(NC(C=NC)=CN)ncc2C(=C)NC(C)c2ccccc2)c1. The quantitative estimate of drug-likeness (QED) is 0.135. The molecule has 3 rings (SSSR count). The Morgan fingerprint density at radius 3 is 2.52 bits per heavy atom. The molecule has 9 nitrogen and oxygen atoms in total. The maximum Gasteiger partial charge on any atom is 0.229 e. The van der Waals surface area contributed by atoms with E-state index < -0.39 is 0 Å². The first-order valence-electron chi connectivity index (χ1n) is 12.9. The standard InChI is InChI=1S/C31H39N9/c1-22(12-11-17-40(5)6)35-26-15-10-16-27(18-26)37-30-29(21-34-31(39-30)38-28(19-32)20-33-4)24(3)36-23(2)25-13-8-7-9-14-25/h7-16,18-21,23,35-36H,1,3,17,32H2,2,4-6H3,(H2,34,37,38,39)/b12-11+,28-19?,33-20?. The Balaban J connectivity index is 1.87. The topological polar surface area (TPSA) is 116 Å². The summed E-state index contributed by atoms with van der Waals surface area (Å²) in [5.41, 5.74) is 11.4. The molecule has 0 fully saturated rings. The van der Waals surface area contributed by atoms with Crippen molar-refractivity contribution < 1.29 is 0 Å². The van der Waals surface area contributed by atoms with E-state index in [-0.39, 0.29) is 6.04 Å². The number of hydrogen-bond donors (Lipinski definition) is 5. The van der Waals surface area contributed by atoms with E-state index >= 15 is 0 Å². The lowest BCUT2D eigenvalue weighted by molar-refractivity contribution is 0.456. The number of aromatic nitrogens is 2. The molecule has 9 heteroatoms. The zero-order chi connectivity index (χ0) is 28.9. The van der Waals surface area contributed by atoms with E-state index in [0.29, 0.717) is 23.2 Å². The van der Waals surface area contributed by atoms with Crippen molar-refractivity contribution in [2.75, 3.05) is 43.6 Å². The highest BCUT2D eigenvalue weighted by molar-refractivity contribution is 5.82. The van der Waals surface area contributed by atoms with E-state index in [0.717, 1.165) is 34.7 Å². The van der Waals surface area contributed by atoms with Crippen molar-refractivity contribution in [2.24, 2.45) is 10.7 Å². The minimum Gasteiger partial charge on any atom is -0.403 e. The van der Waals surface area contributed by atoms with E-state index in [9.17, 15) is 0 Å². The Morgan fingerprint density at radius 1 is 1.07 bits per heavy atom. The van der Waals surface area contributed by atoms with Crippen LogP contribution in [0.3, 0.4) is 0 Å². The van der Waals surface area contributed by atoms with Gasteiger partial charge in [0.15, 0.2) is 0 Å². The minimum atomic E-state index is 0.0333. The highest BCUT2D eigenvalue weighted by atomic mass is 15.2. The van der Waals surface area contributed by atoms with E-state index in [1.807, 2.05) is 62.6 Å². The molecule has 208 valence electrons. The third kappa shape index (κ3) is 9.14. The number of aliphatic imine (C=N–C) groups is 1. The molecule has 1 unspecified atom stereocenters. The molecular formula is C31H39N9. The number of likely N-dealkylation sites (N-methyl/N-ethyl adjacent to an activating group) is 1. The van der Waals surface area contributed by atoms with Crippen LogP contribution in [0.4, 0.5) is 23.1 Å². The van der Waals surface area contributed by atoms with Crippen LogP contribution in [-0.2, 0) is 0 Å². The second-order valence-electron chi connectivity index (χ2n) is 9.37. The van der Waals surface area contributed by atoms with Gasteiger partial charge >= 0.3 is 0 Å². The summed E-state index contributed by atoms with van der Waals surface area (Å²) in [6, 6.07) is 18.1. The number of nitrogens with two attached hydrogens (primary N) is 1. The highest BCUT2D eigenvalue weighted by Crippen LogP contribution is 2.27. The van der Waals surface area contributed by atoms with Gasteiger partial charge in [-0.2, -0.15) is 4.98 Å². The van der Waals surface area contributed by atoms with Crippen LogP contribution in [-0.4, -0.2) is 48.8 Å². The van der Waals surface area contributed by atoms with Gasteiger partial charge in [-0.25, -0.2) is 4.98 Å². The van der Waals surface area contributed by atoms with Crippen LogP contribution >= 0.6 is 0 Å². The molecule has 0 spiro atoms. The van der Waals surface area contributed by atoms with Crippen LogP contribution in [0.1, 0.15) is 24.1 Å². The molecule has 0 aliphatic carbocycles. The molecule has 40 heavy (non-hydrogen) atoms. The van der Waals surface area contributed by atoms with Crippen LogP contribution in [0.2, 0.25) is 0 Å². The predicted molar refractivity (Wildman–Crippen MR) is 170 cm³/mol. The lowest BCUT2D eigenvalue weighted by Crippen LogP contribution is -2.18. The van der Waals surface area contributed by atoms with Crippen LogP contribution in [0, 0.1) is 0 Å². The average molecular weight is 538 g/mol. The summed E-state index contributed by atoms with van der Waals surface area (Å²) in [7, 11) is 5.71. The van der Waals surface area contributed by atoms with Gasteiger partial charge in [-0.05, 0) is 50.9 Å². The largest absolute Gasteiger partial charge is 0.403 e. The van der Waals surface area contributed by atoms with Crippen molar-refractivity contribution >= 4 is 35.1 Å². The van der Waals surface area contributed by atoms with Crippen LogP contribution < -0.4 is 27.0 Å². The maximum atomic E-state index is 5.73. The number of anilines is 4. The molecule has 1 aromatic heterocycles. The molecule has 1 atom stereocenters. The average Bonchev–Trinajstić information content (AvgIpc) is 2.93. The number of rotatable bonds is 14. The molecule has 1 heterocycles. The Morgan fingerprint density at radius 2 is 1.82 bits per heavy atom. The summed E-state index contributed by atoms with van der Waals surface area (Å²) in [4.78, 5) is 15.3. The second kappa shape index (κ2) is 14.9. The molecule has 3 aromatic rings. The maximum absolute atomic E-state index is 5.73. The third-order valence-electron chi connectivity index (χ3n) is 5.73. The lowest BCUT2D eigenvalue weighted by Gasteiger charge is -2.20. The smallest absolute Gasteiger partial charge is 0.229 e. The number of hydrogen-bond acceptors (Lipinski definition) is 9. The van der Waals surface area contributed by atoms with Crippen molar-refractivity contribution in [2.45, 2.75) is 13.0 Å². The Hall–Kier alpha value is -4.89. The van der Waals surface area contributed by atoms with Gasteiger partial charge < -0.3 is 31.9 Å². The van der Waals surface area contributed by atoms with Gasteiger partial charge in [-0.15, -0.1) is 0 Å². The van der Waals surface area contributed by atoms with Gasteiger partial charge in [0.25, 0.3) is 0 Å². The Labute approximate surface area is 237 Å². The molecule has 0 aliphatic heterocycles. The monoisotopic (exact) mass is 537 g/mol. The summed E-state index contributed by atoms with van der Waals surface area (Å²) in [5, 5.41) is 13.3. The third-order valence-corrected chi connectivity index (χ3v) is 5.73. The summed E-state index contributed by atoms with van der Waals surface area (Å²) < 4.78 is 0. The van der Waals surface area contributed by atoms with E-state index in [2.05, 4.69) is 74.4 Å². The molecule has 0 saturated carbocycles. The lowest BCUT2D eigenvalue weighted by atomic mass is 10.1. The normalized spacial score (nSPS) is 12.5. The number of nitrogens with zero attached hydrogens (tertiary/aromatic N) is 4. The van der Waals surface area contributed by atoms with Crippen molar-refractivity contribution in [1.82, 2.24) is 20.2 Å². The van der Waals surface area contributed by atoms with Crippen LogP contribution in [0.25, 0.3) is 5.70 Å². The van der Waals surface area contributed by atoms with E-state index in [1.54, 1.807) is 19.5 Å². The van der Waals surface area contributed by atoms with Gasteiger partial charge in [0, 0.05) is 61.0 Å². The predicted octanol–water partition coefficient (Wildman–Crippen LogP) is 5.50. The Kier molecular flexibility index (Phi) is 11.0. The fraction of sp³-hybridized carbons (Fsp3) is 0.194. The van der Waals surface area contributed by atoms with E-state index in [1.165, 1.54) is 6.20 Å². The van der Waals surface area contributed by atoms with Gasteiger partial charge in [-0.3, -0.25) is 4.99 Å². The first kappa shape index (κ1) is 29.7. The first-order chi connectivity index (χ1) is 19.3. The molecule has 0 amide bonds. The zero-order valence-corrected chi connectivity index (χ0v) is 23.6. The molecule has 6 N–H and O–H groups in total. The van der Waals surface area contributed by atoms with E-state index in [4.69, 9.17) is 10.7 Å². The molecule has 0 bridgehead atoms. The Bertz CT molecular complexity index is 1370. The second-order valence-corrected chi connectivity index (χ2v) is 9.37. The fourth-order valence-corrected chi connectivity index (χ4v) is 3.75. The van der Waals surface area contributed by atoms with Gasteiger partial charge in [0.05, 0.1) is 11.3 Å². The highest BCUT2D eigenvalue weighted by Gasteiger charge is 2.14. The molecule has 0 aliphatic rings. The van der Waals surface area contributed by atoms with Crippen molar-refractivity contribution in [3.8, 4) is 0 Å². The van der Waals surface area contributed by atoms with Crippen molar-refractivity contribution in [3.05, 3.63) is 115 Å². The molecule has 2 aromatic carbocycles. The fourth-order valence-electron chi connectivity index (χ4n) is 3.75. The van der Waals surface area contributed by atoms with Crippen molar-refractivity contribution in [1.29, 1.82) is 0 Å².